The smallest absolute Gasteiger partial charge is 0.220 e. The van der Waals surface area contributed by atoms with Crippen LogP contribution in [-0.4, -0.2) is 25.5 Å². The topological polar surface area (TPSA) is 41.1 Å². The molecule has 0 aliphatic carbocycles. The standard InChI is InChI=1S/C23H30N2O/c1-23(12-14-24-15-13-23)18-25-22(26)17-21(20-10-6-3-7-11-20)16-19-8-4-2-5-9-19/h2-11,21,24H,12-18H2,1H3,(H,25,26). The first-order chi connectivity index (χ1) is 12.6. The van der Waals surface area contributed by atoms with Crippen molar-refractivity contribution < 1.29 is 4.79 Å². The van der Waals surface area contributed by atoms with Crippen LogP contribution in [0.15, 0.2) is 60.7 Å². The number of carbonyl (C=O) groups excluding carboxylic acids is 1. The molecule has 0 spiro atoms. The maximum absolute atomic E-state index is 12.7. The van der Waals surface area contributed by atoms with Gasteiger partial charge in [-0.05, 0) is 54.8 Å². The van der Waals surface area contributed by atoms with Crippen molar-refractivity contribution in [3.05, 3.63) is 71.8 Å². The Balaban J connectivity index is 1.62. The molecule has 0 radical (unpaired) electrons. The van der Waals surface area contributed by atoms with Crippen molar-refractivity contribution in [3.63, 3.8) is 0 Å². The molecule has 0 aromatic heterocycles. The number of hydrogen-bond donors (Lipinski definition) is 2. The van der Waals surface area contributed by atoms with E-state index in [1.807, 2.05) is 12.1 Å². The number of amides is 1. The van der Waals surface area contributed by atoms with Crippen LogP contribution in [0.4, 0.5) is 0 Å². The van der Waals surface area contributed by atoms with E-state index in [0.29, 0.717) is 6.42 Å². The van der Waals surface area contributed by atoms with Crippen LogP contribution in [0.3, 0.4) is 0 Å². The molecule has 2 aromatic carbocycles. The Kier molecular flexibility index (Phi) is 6.45. The molecule has 26 heavy (non-hydrogen) atoms. The molecule has 3 nitrogen and oxygen atoms in total. The third kappa shape index (κ3) is 5.43. The number of rotatable bonds is 7. The Bertz CT molecular complexity index is 678. The van der Waals surface area contributed by atoms with Crippen molar-refractivity contribution in [1.29, 1.82) is 0 Å². The fraction of sp³-hybridized carbons (Fsp3) is 0.435. The highest BCUT2D eigenvalue weighted by molar-refractivity contribution is 5.77. The molecule has 1 atom stereocenters. The minimum Gasteiger partial charge on any atom is -0.356 e. The predicted molar refractivity (Wildman–Crippen MR) is 107 cm³/mol. The van der Waals surface area contributed by atoms with Crippen molar-refractivity contribution >= 4 is 5.91 Å². The van der Waals surface area contributed by atoms with Gasteiger partial charge in [0.2, 0.25) is 5.91 Å². The van der Waals surface area contributed by atoms with Gasteiger partial charge in [0.15, 0.2) is 0 Å². The zero-order valence-electron chi connectivity index (χ0n) is 15.7. The van der Waals surface area contributed by atoms with E-state index in [1.165, 1.54) is 11.1 Å². The van der Waals surface area contributed by atoms with Gasteiger partial charge in [-0.25, -0.2) is 0 Å². The van der Waals surface area contributed by atoms with E-state index in [9.17, 15) is 4.79 Å². The van der Waals surface area contributed by atoms with E-state index in [0.717, 1.165) is 38.9 Å². The zero-order chi connectivity index (χ0) is 18.2. The highest BCUT2D eigenvalue weighted by Crippen LogP contribution is 2.28. The Morgan fingerprint density at radius 2 is 1.65 bits per heavy atom. The second kappa shape index (κ2) is 9.00. The van der Waals surface area contributed by atoms with Gasteiger partial charge in [-0.15, -0.1) is 0 Å². The Labute approximate surface area is 157 Å². The van der Waals surface area contributed by atoms with Crippen LogP contribution in [-0.2, 0) is 11.2 Å². The quantitative estimate of drug-likeness (QED) is 0.795. The fourth-order valence-corrected chi connectivity index (χ4v) is 3.75. The Morgan fingerprint density at radius 3 is 2.31 bits per heavy atom. The van der Waals surface area contributed by atoms with E-state index < -0.39 is 0 Å². The molecule has 3 heteroatoms. The predicted octanol–water partition coefficient (Wildman–Crippen LogP) is 3.91. The highest BCUT2D eigenvalue weighted by Gasteiger charge is 2.27. The molecular weight excluding hydrogens is 320 g/mol. The lowest BCUT2D eigenvalue weighted by atomic mass is 9.81. The minimum atomic E-state index is 0.162. The number of nitrogens with one attached hydrogen (secondary N) is 2. The van der Waals surface area contributed by atoms with Crippen molar-refractivity contribution in [2.24, 2.45) is 5.41 Å². The molecule has 1 amide bonds. The minimum absolute atomic E-state index is 0.162. The Hall–Kier alpha value is -2.13. The molecule has 1 saturated heterocycles. The fourth-order valence-electron chi connectivity index (χ4n) is 3.75. The number of piperidine rings is 1. The van der Waals surface area contributed by atoms with Gasteiger partial charge in [0.25, 0.3) is 0 Å². The summed E-state index contributed by atoms with van der Waals surface area (Å²) in [6.45, 7) is 5.16. The molecule has 1 unspecified atom stereocenters. The molecular formula is C23H30N2O. The summed E-state index contributed by atoms with van der Waals surface area (Å²) < 4.78 is 0. The van der Waals surface area contributed by atoms with Crippen LogP contribution in [0.25, 0.3) is 0 Å². The van der Waals surface area contributed by atoms with Crippen molar-refractivity contribution in [2.75, 3.05) is 19.6 Å². The second-order valence-corrected chi connectivity index (χ2v) is 7.84. The average Bonchev–Trinajstić information content (AvgIpc) is 2.68. The van der Waals surface area contributed by atoms with E-state index in [1.54, 1.807) is 0 Å². The van der Waals surface area contributed by atoms with Crippen LogP contribution in [0.2, 0.25) is 0 Å². The van der Waals surface area contributed by atoms with Gasteiger partial charge in [0.1, 0.15) is 0 Å². The molecule has 1 heterocycles. The van der Waals surface area contributed by atoms with Gasteiger partial charge in [-0.1, -0.05) is 67.6 Å². The maximum atomic E-state index is 12.7. The zero-order valence-corrected chi connectivity index (χ0v) is 15.7. The number of hydrogen-bond acceptors (Lipinski definition) is 2. The van der Waals surface area contributed by atoms with Crippen molar-refractivity contribution in [1.82, 2.24) is 10.6 Å². The molecule has 0 bridgehead atoms. The van der Waals surface area contributed by atoms with Gasteiger partial charge in [0, 0.05) is 13.0 Å². The average molecular weight is 351 g/mol. The van der Waals surface area contributed by atoms with Gasteiger partial charge in [-0.2, -0.15) is 0 Å². The summed E-state index contributed by atoms with van der Waals surface area (Å²) in [5.74, 6) is 0.369. The summed E-state index contributed by atoms with van der Waals surface area (Å²) in [4.78, 5) is 12.7. The van der Waals surface area contributed by atoms with E-state index in [4.69, 9.17) is 0 Å². The largest absolute Gasteiger partial charge is 0.356 e. The van der Waals surface area contributed by atoms with E-state index in [2.05, 4.69) is 66.1 Å². The van der Waals surface area contributed by atoms with Crippen LogP contribution in [0, 0.1) is 5.41 Å². The van der Waals surface area contributed by atoms with Crippen LogP contribution >= 0.6 is 0 Å². The third-order valence-electron chi connectivity index (χ3n) is 5.55. The second-order valence-electron chi connectivity index (χ2n) is 7.84. The lowest BCUT2D eigenvalue weighted by molar-refractivity contribution is -0.122. The molecule has 1 aliphatic heterocycles. The van der Waals surface area contributed by atoms with E-state index >= 15 is 0 Å². The van der Waals surface area contributed by atoms with Gasteiger partial charge < -0.3 is 10.6 Å². The normalized spacial score (nSPS) is 17.4. The van der Waals surface area contributed by atoms with Crippen LogP contribution in [0.1, 0.15) is 43.2 Å². The molecule has 2 aromatic rings. The lowest BCUT2D eigenvalue weighted by Crippen LogP contribution is -2.43. The van der Waals surface area contributed by atoms with Gasteiger partial charge in [0.05, 0.1) is 0 Å². The summed E-state index contributed by atoms with van der Waals surface area (Å²) in [6.07, 6.45) is 3.67. The van der Waals surface area contributed by atoms with Gasteiger partial charge in [-0.3, -0.25) is 4.79 Å². The Morgan fingerprint density at radius 1 is 1.04 bits per heavy atom. The molecule has 1 fully saturated rings. The summed E-state index contributed by atoms with van der Waals surface area (Å²) in [5.41, 5.74) is 2.74. The molecule has 3 rings (SSSR count). The summed E-state index contributed by atoms with van der Waals surface area (Å²) in [5, 5.41) is 6.61. The molecule has 0 saturated carbocycles. The molecule has 1 aliphatic rings. The van der Waals surface area contributed by atoms with Crippen LogP contribution in [0.5, 0.6) is 0 Å². The summed E-state index contributed by atoms with van der Waals surface area (Å²) >= 11 is 0. The van der Waals surface area contributed by atoms with Gasteiger partial charge >= 0.3 is 0 Å². The third-order valence-corrected chi connectivity index (χ3v) is 5.55. The number of benzene rings is 2. The maximum Gasteiger partial charge on any atom is 0.220 e. The van der Waals surface area contributed by atoms with Crippen molar-refractivity contribution in [3.8, 4) is 0 Å². The number of carbonyl (C=O) groups is 1. The first kappa shape index (κ1) is 18.7. The van der Waals surface area contributed by atoms with Crippen LogP contribution < -0.4 is 10.6 Å². The first-order valence-electron chi connectivity index (χ1n) is 9.71. The molecule has 138 valence electrons. The van der Waals surface area contributed by atoms with Crippen molar-refractivity contribution in [2.45, 2.75) is 38.5 Å². The SMILES string of the molecule is CC1(CNC(=O)CC(Cc2ccccc2)c2ccccc2)CCNCC1. The highest BCUT2D eigenvalue weighted by atomic mass is 16.1. The monoisotopic (exact) mass is 350 g/mol. The summed E-state index contributed by atoms with van der Waals surface area (Å²) in [6, 6.07) is 20.9. The first-order valence-corrected chi connectivity index (χ1v) is 9.71. The van der Waals surface area contributed by atoms with E-state index in [-0.39, 0.29) is 17.2 Å². The summed E-state index contributed by atoms with van der Waals surface area (Å²) in [7, 11) is 0. The molecule has 2 N–H and O–H groups in total. The lowest BCUT2D eigenvalue weighted by Gasteiger charge is -2.34.